The number of hydrogen-bond acceptors (Lipinski definition) is 5. The lowest BCUT2D eigenvalue weighted by Gasteiger charge is -2.17. The van der Waals surface area contributed by atoms with Gasteiger partial charge in [-0.25, -0.2) is 0 Å². The van der Waals surface area contributed by atoms with Crippen molar-refractivity contribution in [3.8, 4) is 11.8 Å². The molecule has 0 atom stereocenters. The minimum absolute atomic E-state index is 0.473. The van der Waals surface area contributed by atoms with Crippen LogP contribution in [0, 0.1) is 11.3 Å². The molecule has 0 aliphatic carbocycles. The molecule has 1 rings (SSSR count). The normalized spacial score (nSPS) is 10.7. The molecule has 0 unspecified atom stereocenters. The molecular formula is C9H10NO3PS. The molecule has 0 heterocycles. The highest BCUT2D eigenvalue weighted by molar-refractivity contribution is 8.07. The number of rotatable bonds is 4. The molecule has 1 aromatic carbocycles. The summed E-state index contributed by atoms with van der Waals surface area (Å²) in [4.78, 5) is 0. The van der Waals surface area contributed by atoms with Gasteiger partial charge in [0.25, 0.3) is 0 Å². The van der Waals surface area contributed by atoms with Gasteiger partial charge in [0.05, 0.1) is 11.6 Å². The van der Waals surface area contributed by atoms with Crippen molar-refractivity contribution in [3.63, 3.8) is 0 Å². The summed E-state index contributed by atoms with van der Waals surface area (Å²) in [5.41, 5.74) is 0.501. The van der Waals surface area contributed by atoms with Gasteiger partial charge < -0.3 is 13.6 Å². The smallest absolute Gasteiger partial charge is 0.380 e. The molecule has 0 N–H and O–H groups in total. The van der Waals surface area contributed by atoms with Crippen LogP contribution in [-0.4, -0.2) is 14.2 Å². The highest BCUT2D eigenvalue weighted by atomic mass is 32.5. The van der Waals surface area contributed by atoms with Gasteiger partial charge in [-0.05, 0) is 18.2 Å². The fourth-order valence-electron chi connectivity index (χ4n) is 0.901. The summed E-state index contributed by atoms with van der Waals surface area (Å²) in [7, 11) is 2.86. The Balaban J connectivity index is 2.90. The predicted molar refractivity (Wildman–Crippen MR) is 60.1 cm³/mol. The molecule has 0 aromatic heterocycles. The topological polar surface area (TPSA) is 51.5 Å². The summed E-state index contributed by atoms with van der Waals surface area (Å²) in [5, 5.41) is 8.69. The number of nitrogens with zero attached hydrogens (tertiary/aromatic N) is 1. The van der Waals surface area contributed by atoms with Crippen LogP contribution >= 0.6 is 6.72 Å². The van der Waals surface area contributed by atoms with Gasteiger partial charge in [0.2, 0.25) is 0 Å². The van der Waals surface area contributed by atoms with Crippen molar-refractivity contribution in [3.05, 3.63) is 29.8 Å². The Hall–Kier alpha value is -0.920. The fraction of sp³-hybridized carbons (Fsp3) is 0.222. The van der Waals surface area contributed by atoms with Crippen molar-refractivity contribution in [1.82, 2.24) is 0 Å². The van der Waals surface area contributed by atoms with E-state index in [0.29, 0.717) is 11.3 Å². The Morgan fingerprint density at radius 2 is 2.00 bits per heavy atom. The van der Waals surface area contributed by atoms with Crippen molar-refractivity contribution in [2.24, 2.45) is 0 Å². The van der Waals surface area contributed by atoms with Crippen molar-refractivity contribution in [1.29, 1.82) is 5.26 Å². The Bertz CT molecular complexity index is 422. The van der Waals surface area contributed by atoms with Gasteiger partial charge in [-0.15, -0.1) is 0 Å². The Morgan fingerprint density at radius 3 is 2.53 bits per heavy atom. The molecule has 0 aliphatic rings. The van der Waals surface area contributed by atoms with E-state index in [-0.39, 0.29) is 0 Å². The predicted octanol–water partition coefficient (Wildman–Crippen LogP) is 2.45. The van der Waals surface area contributed by atoms with E-state index in [2.05, 4.69) is 0 Å². The molecule has 80 valence electrons. The van der Waals surface area contributed by atoms with Crippen LogP contribution in [0.2, 0.25) is 0 Å². The van der Waals surface area contributed by atoms with Crippen molar-refractivity contribution in [2.75, 3.05) is 14.2 Å². The summed E-state index contributed by atoms with van der Waals surface area (Å²) in [6, 6.07) is 8.67. The second kappa shape index (κ2) is 5.24. The number of benzene rings is 1. The highest BCUT2D eigenvalue weighted by Gasteiger charge is 2.18. The monoisotopic (exact) mass is 243 g/mol. The zero-order valence-corrected chi connectivity index (χ0v) is 10.0. The zero-order valence-electron chi connectivity index (χ0n) is 8.34. The summed E-state index contributed by atoms with van der Waals surface area (Å²) in [6.07, 6.45) is 0. The Kier molecular flexibility index (Phi) is 4.25. The number of nitriles is 1. The van der Waals surface area contributed by atoms with Gasteiger partial charge in [0.15, 0.2) is 0 Å². The number of hydrogen-bond donors (Lipinski definition) is 0. The van der Waals surface area contributed by atoms with E-state index >= 15 is 0 Å². The van der Waals surface area contributed by atoms with Crippen LogP contribution < -0.4 is 4.52 Å². The first-order chi connectivity index (χ1) is 7.13. The van der Waals surface area contributed by atoms with E-state index in [1.807, 2.05) is 6.07 Å². The van der Waals surface area contributed by atoms with Crippen LogP contribution in [0.4, 0.5) is 0 Å². The molecule has 0 saturated heterocycles. The van der Waals surface area contributed by atoms with Crippen LogP contribution in [0.5, 0.6) is 5.75 Å². The summed E-state index contributed by atoms with van der Waals surface area (Å²) < 4.78 is 15.3. The molecule has 0 fully saturated rings. The van der Waals surface area contributed by atoms with Gasteiger partial charge in [0, 0.05) is 26.0 Å². The van der Waals surface area contributed by atoms with Crippen molar-refractivity contribution < 1.29 is 13.6 Å². The third kappa shape index (κ3) is 3.29. The summed E-state index contributed by atoms with van der Waals surface area (Å²) in [5.74, 6) is 0.473. The average Bonchev–Trinajstić information content (AvgIpc) is 2.29. The minimum atomic E-state index is -2.71. The van der Waals surface area contributed by atoms with Crippen LogP contribution in [0.1, 0.15) is 5.56 Å². The lowest BCUT2D eigenvalue weighted by Crippen LogP contribution is -1.96. The molecule has 6 heteroatoms. The summed E-state index contributed by atoms with van der Waals surface area (Å²) >= 11 is 5.03. The van der Waals surface area contributed by atoms with Gasteiger partial charge >= 0.3 is 6.72 Å². The second-order valence-corrected chi connectivity index (χ2v) is 5.69. The third-order valence-electron chi connectivity index (χ3n) is 1.63. The molecular weight excluding hydrogens is 233 g/mol. The zero-order chi connectivity index (χ0) is 11.3. The van der Waals surface area contributed by atoms with Gasteiger partial charge in [0.1, 0.15) is 5.75 Å². The maximum Gasteiger partial charge on any atom is 0.380 e. The van der Waals surface area contributed by atoms with Gasteiger partial charge in [-0.2, -0.15) is 5.26 Å². The fourth-order valence-corrected chi connectivity index (χ4v) is 1.83. The van der Waals surface area contributed by atoms with E-state index in [1.54, 1.807) is 24.3 Å². The first-order valence-electron chi connectivity index (χ1n) is 4.05. The molecule has 0 spiro atoms. The largest absolute Gasteiger partial charge is 0.424 e. The Morgan fingerprint density at radius 1 is 1.33 bits per heavy atom. The Labute approximate surface area is 93.6 Å². The van der Waals surface area contributed by atoms with Crippen LogP contribution in [0.3, 0.4) is 0 Å². The van der Waals surface area contributed by atoms with Crippen LogP contribution in [-0.2, 0) is 20.9 Å². The van der Waals surface area contributed by atoms with E-state index in [9.17, 15) is 0 Å². The van der Waals surface area contributed by atoms with Crippen molar-refractivity contribution in [2.45, 2.75) is 0 Å². The average molecular weight is 243 g/mol. The highest BCUT2D eigenvalue weighted by Crippen LogP contribution is 2.48. The molecule has 0 bridgehead atoms. The molecule has 0 amide bonds. The van der Waals surface area contributed by atoms with Gasteiger partial charge in [-0.3, -0.25) is 0 Å². The van der Waals surface area contributed by atoms with E-state index in [1.165, 1.54) is 14.2 Å². The molecule has 15 heavy (non-hydrogen) atoms. The van der Waals surface area contributed by atoms with Gasteiger partial charge in [-0.1, -0.05) is 6.07 Å². The standard InChI is InChI=1S/C9H10NO3PS/c1-11-14(15,12-2)13-9-5-3-4-8(6-9)7-10/h3-6H,1-2H3. The third-order valence-corrected chi connectivity index (χ3v) is 4.07. The molecule has 1 aromatic rings. The van der Waals surface area contributed by atoms with Crippen molar-refractivity contribution >= 4 is 18.5 Å². The van der Waals surface area contributed by atoms with Crippen LogP contribution in [0.15, 0.2) is 24.3 Å². The van der Waals surface area contributed by atoms with E-state index in [4.69, 9.17) is 30.6 Å². The summed E-state index contributed by atoms with van der Waals surface area (Å²) in [6.45, 7) is -2.71. The first kappa shape index (κ1) is 12.2. The lowest BCUT2D eigenvalue weighted by molar-refractivity contribution is 0.273. The maximum absolute atomic E-state index is 8.69. The lowest BCUT2D eigenvalue weighted by atomic mass is 10.2. The minimum Gasteiger partial charge on any atom is -0.424 e. The SMILES string of the molecule is COP(=S)(OC)Oc1cccc(C#N)c1. The second-order valence-electron chi connectivity index (χ2n) is 2.54. The quantitative estimate of drug-likeness (QED) is 0.760. The maximum atomic E-state index is 8.69. The first-order valence-corrected chi connectivity index (χ1v) is 6.60. The van der Waals surface area contributed by atoms with E-state index in [0.717, 1.165) is 0 Å². The molecule has 0 aliphatic heterocycles. The molecule has 4 nitrogen and oxygen atoms in total. The van der Waals surface area contributed by atoms with Crippen LogP contribution in [0.25, 0.3) is 0 Å². The van der Waals surface area contributed by atoms with E-state index < -0.39 is 6.72 Å². The molecule has 0 saturated carbocycles. The molecule has 0 radical (unpaired) electrons.